The summed E-state index contributed by atoms with van der Waals surface area (Å²) in [5.41, 5.74) is 6.99. The number of carbonyl (C=O) groups excluding carboxylic acids is 1. The molecule has 1 heterocycles. The summed E-state index contributed by atoms with van der Waals surface area (Å²) < 4.78 is 1.14. The van der Waals surface area contributed by atoms with Crippen LogP contribution in [0.4, 0.5) is 5.13 Å². The molecular formula is C24H31N3OS. The number of amides is 1. The van der Waals surface area contributed by atoms with Crippen LogP contribution in [-0.2, 0) is 17.6 Å². The molecule has 0 saturated carbocycles. The second kappa shape index (κ2) is 9.06. The molecule has 3 aromatic rings. The van der Waals surface area contributed by atoms with Crippen LogP contribution in [0.25, 0.3) is 10.2 Å². The van der Waals surface area contributed by atoms with E-state index in [-0.39, 0.29) is 5.91 Å². The molecule has 0 spiro atoms. The van der Waals surface area contributed by atoms with E-state index in [9.17, 15) is 4.79 Å². The maximum Gasteiger partial charge on any atom is 0.233 e. The summed E-state index contributed by atoms with van der Waals surface area (Å²) in [5, 5.41) is 0.794. The first kappa shape index (κ1) is 21.5. The van der Waals surface area contributed by atoms with Crippen molar-refractivity contribution in [3.05, 3.63) is 58.1 Å². The third-order valence-corrected chi connectivity index (χ3v) is 6.36. The van der Waals surface area contributed by atoms with Crippen LogP contribution in [0.5, 0.6) is 0 Å². The standard InChI is InChI=1S/C24H31N3OS/c1-7-19-8-9-21-22(14-19)29-24(25-21)27(11-10-26(5)6)23(28)15-20-17(3)12-16(2)13-18(20)4/h8-9,12-14H,7,10-11,15H2,1-6H3. The summed E-state index contributed by atoms with van der Waals surface area (Å²) in [7, 11) is 4.06. The highest BCUT2D eigenvalue weighted by Gasteiger charge is 2.21. The summed E-state index contributed by atoms with van der Waals surface area (Å²) >= 11 is 1.61. The molecular weight excluding hydrogens is 378 g/mol. The quantitative estimate of drug-likeness (QED) is 0.556. The maximum absolute atomic E-state index is 13.4. The van der Waals surface area contributed by atoms with E-state index < -0.39 is 0 Å². The molecule has 2 aromatic carbocycles. The van der Waals surface area contributed by atoms with Gasteiger partial charge in [-0.1, -0.05) is 42.0 Å². The van der Waals surface area contributed by atoms with Crippen LogP contribution < -0.4 is 4.90 Å². The van der Waals surface area contributed by atoms with Gasteiger partial charge >= 0.3 is 0 Å². The number of anilines is 1. The van der Waals surface area contributed by atoms with E-state index in [1.54, 1.807) is 11.3 Å². The van der Waals surface area contributed by atoms with Gasteiger partial charge in [-0.3, -0.25) is 9.69 Å². The van der Waals surface area contributed by atoms with Crippen molar-refractivity contribution in [3.8, 4) is 0 Å². The van der Waals surface area contributed by atoms with Crippen molar-refractivity contribution >= 4 is 32.6 Å². The highest BCUT2D eigenvalue weighted by atomic mass is 32.1. The van der Waals surface area contributed by atoms with Crippen LogP contribution in [0, 0.1) is 20.8 Å². The van der Waals surface area contributed by atoms with Crippen molar-refractivity contribution in [3.63, 3.8) is 0 Å². The minimum absolute atomic E-state index is 0.108. The predicted octanol–water partition coefficient (Wildman–Crippen LogP) is 4.92. The molecule has 29 heavy (non-hydrogen) atoms. The highest BCUT2D eigenvalue weighted by molar-refractivity contribution is 7.22. The van der Waals surface area contributed by atoms with Gasteiger partial charge in [-0.25, -0.2) is 4.98 Å². The molecule has 0 radical (unpaired) electrons. The van der Waals surface area contributed by atoms with E-state index in [1.165, 1.54) is 22.3 Å². The van der Waals surface area contributed by atoms with Crippen molar-refractivity contribution in [1.29, 1.82) is 0 Å². The van der Waals surface area contributed by atoms with Crippen LogP contribution in [0.3, 0.4) is 0 Å². The first-order chi connectivity index (χ1) is 13.8. The lowest BCUT2D eigenvalue weighted by molar-refractivity contribution is -0.118. The Morgan fingerprint density at radius 1 is 1.03 bits per heavy atom. The lowest BCUT2D eigenvalue weighted by atomic mass is 9.97. The average molecular weight is 410 g/mol. The van der Waals surface area contributed by atoms with Crippen molar-refractivity contribution in [2.45, 2.75) is 40.5 Å². The molecule has 0 bridgehead atoms. The number of aryl methyl sites for hydroxylation is 4. The minimum Gasteiger partial charge on any atom is -0.308 e. The van der Waals surface area contributed by atoms with Gasteiger partial charge in [-0.05, 0) is 75.7 Å². The van der Waals surface area contributed by atoms with Gasteiger partial charge in [-0.2, -0.15) is 0 Å². The molecule has 0 atom stereocenters. The molecule has 1 aromatic heterocycles. The van der Waals surface area contributed by atoms with E-state index in [0.717, 1.165) is 33.9 Å². The molecule has 3 rings (SSSR count). The number of rotatable bonds is 7. The maximum atomic E-state index is 13.4. The largest absolute Gasteiger partial charge is 0.308 e. The smallest absolute Gasteiger partial charge is 0.233 e. The lowest BCUT2D eigenvalue weighted by Crippen LogP contribution is -2.37. The molecule has 1 amide bonds. The number of fused-ring (bicyclic) bond motifs is 1. The number of hydrogen-bond acceptors (Lipinski definition) is 4. The normalized spacial score (nSPS) is 11.4. The van der Waals surface area contributed by atoms with Gasteiger partial charge in [0.1, 0.15) is 0 Å². The Bertz CT molecular complexity index is 999. The molecule has 0 aliphatic carbocycles. The number of carbonyl (C=O) groups is 1. The summed E-state index contributed by atoms with van der Waals surface area (Å²) in [6, 6.07) is 10.7. The Morgan fingerprint density at radius 3 is 2.34 bits per heavy atom. The second-order valence-corrected chi connectivity index (χ2v) is 9.06. The van der Waals surface area contributed by atoms with E-state index in [2.05, 4.69) is 62.9 Å². The summed E-state index contributed by atoms with van der Waals surface area (Å²) in [5.74, 6) is 0.108. The zero-order valence-electron chi connectivity index (χ0n) is 18.4. The van der Waals surface area contributed by atoms with E-state index in [0.29, 0.717) is 13.0 Å². The number of nitrogens with zero attached hydrogens (tertiary/aromatic N) is 3. The average Bonchev–Trinajstić information content (AvgIpc) is 3.07. The summed E-state index contributed by atoms with van der Waals surface area (Å²) in [6.45, 7) is 9.88. The SMILES string of the molecule is CCc1ccc2nc(N(CCN(C)C)C(=O)Cc3c(C)cc(C)cc3C)sc2c1. The number of likely N-dealkylation sites (N-methyl/N-ethyl adjacent to an activating group) is 1. The Labute approximate surface area is 178 Å². The van der Waals surface area contributed by atoms with Crippen molar-refractivity contribution in [2.24, 2.45) is 0 Å². The van der Waals surface area contributed by atoms with Crippen molar-refractivity contribution in [1.82, 2.24) is 9.88 Å². The molecule has 5 heteroatoms. The fraction of sp³-hybridized carbons (Fsp3) is 0.417. The first-order valence-corrected chi connectivity index (χ1v) is 11.0. The topological polar surface area (TPSA) is 36.4 Å². The van der Waals surface area contributed by atoms with Gasteiger partial charge in [0.05, 0.1) is 16.6 Å². The monoisotopic (exact) mass is 409 g/mol. The third-order valence-electron chi connectivity index (χ3n) is 5.32. The molecule has 154 valence electrons. The Morgan fingerprint density at radius 2 is 1.72 bits per heavy atom. The Balaban J connectivity index is 1.93. The van der Waals surface area contributed by atoms with Crippen molar-refractivity contribution < 1.29 is 4.79 Å². The van der Waals surface area contributed by atoms with Crippen LogP contribution in [0.1, 0.15) is 34.7 Å². The zero-order valence-corrected chi connectivity index (χ0v) is 19.2. The summed E-state index contributed by atoms with van der Waals surface area (Å²) in [4.78, 5) is 22.2. The minimum atomic E-state index is 0.108. The van der Waals surface area contributed by atoms with Crippen LogP contribution in [0.2, 0.25) is 0 Å². The highest BCUT2D eigenvalue weighted by Crippen LogP contribution is 2.30. The van der Waals surface area contributed by atoms with Crippen LogP contribution >= 0.6 is 11.3 Å². The van der Waals surface area contributed by atoms with Gasteiger partial charge in [0.25, 0.3) is 0 Å². The molecule has 0 aliphatic rings. The number of hydrogen-bond donors (Lipinski definition) is 0. The predicted molar refractivity (Wildman–Crippen MR) is 124 cm³/mol. The fourth-order valence-corrected chi connectivity index (χ4v) is 4.73. The first-order valence-electron chi connectivity index (χ1n) is 10.2. The lowest BCUT2D eigenvalue weighted by Gasteiger charge is -2.23. The van der Waals surface area contributed by atoms with Gasteiger partial charge < -0.3 is 4.90 Å². The molecule has 0 N–H and O–H groups in total. The molecule has 0 unspecified atom stereocenters. The molecule has 0 fully saturated rings. The van der Waals surface area contributed by atoms with Gasteiger partial charge in [-0.15, -0.1) is 0 Å². The van der Waals surface area contributed by atoms with E-state index >= 15 is 0 Å². The van der Waals surface area contributed by atoms with Gasteiger partial charge in [0, 0.05) is 13.1 Å². The number of benzene rings is 2. The van der Waals surface area contributed by atoms with E-state index in [4.69, 9.17) is 4.98 Å². The second-order valence-electron chi connectivity index (χ2n) is 8.05. The summed E-state index contributed by atoms with van der Waals surface area (Å²) in [6.07, 6.45) is 1.40. The van der Waals surface area contributed by atoms with Crippen LogP contribution in [0.15, 0.2) is 30.3 Å². The Kier molecular flexibility index (Phi) is 6.70. The van der Waals surface area contributed by atoms with Gasteiger partial charge in [0.2, 0.25) is 5.91 Å². The number of thiazole rings is 1. The molecule has 0 aliphatic heterocycles. The van der Waals surface area contributed by atoms with Crippen molar-refractivity contribution in [2.75, 3.05) is 32.1 Å². The Hall–Kier alpha value is -2.24. The number of aromatic nitrogens is 1. The van der Waals surface area contributed by atoms with Gasteiger partial charge in [0.15, 0.2) is 5.13 Å². The van der Waals surface area contributed by atoms with E-state index in [1.807, 2.05) is 19.0 Å². The molecule has 4 nitrogen and oxygen atoms in total. The fourth-order valence-electron chi connectivity index (χ4n) is 3.65. The zero-order chi connectivity index (χ0) is 21.1. The molecule has 0 saturated heterocycles. The van der Waals surface area contributed by atoms with Crippen LogP contribution in [-0.4, -0.2) is 43.0 Å². The third kappa shape index (κ3) is 5.03.